The SMILES string of the molecule is CCCN(c1ccc(O)c2c1C(=O)c1ccccc1C2=O)[N+]1(C)CCOCC1. The van der Waals surface area contributed by atoms with Crippen molar-refractivity contribution in [3.05, 3.63) is 58.7 Å². The third kappa shape index (κ3) is 2.80. The van der Waals surface area contributed by atoms with Crippen molar-refractivity contribution in [1.82, 2.24) is 0 Å². The maximum Gasteiger partial charge on any atom is 0.198 e. The number of morpholine rings is 1. The van der Waals surface area contributed by atoms with Crippen LogP contribution in [-0.2, 0) is 4.74 Å². The number of benzene rings is 2. The molecule has 4 rings (SSSR count). The summed E-state index contributed by atoms with van der Waals surface area (Å²) in [5.74, 6) is -0.657. The maximum absolute atomic E-state index is 13.4. The van der Waals surface area contributed by atoms with E-state index in [1.54, 1.807) is 30.3 Å². The summed E-state index contributed by atoms with van der Waals surface area (Å²) in [6, 6.07) is 10.1. The Balaban J connectivity index is 1.92. The molecule has 146 valence electrons. The minimum atomic E-state index is -0.300. The van der Waals surface area contributed by atoms with Crippen molar-refractivity contribution in [2.24, 2.45) is 0 Å². The number of quaternary nitrogens is 1. The number of carbonyl (C=O) groups excluding carboxylic acids is 2. The lowest BCUT2D eigenvalue weighted by molar-refractivity contribution is -0.925. The quantitative estimate of drug-likeness (QED) is 0.704. The van der Waals surface area contributed by atoms with Crippen LogP contribution in [0.1, 0.15) is 45.2 Å². The van der Waals surface area contributed by atoms with Gasteiger partial charge in [-0.15, -0.1) is 0 Å². The van der Waals surface area contributed by atoms with Gasteiger partial charge in [-0.3, -0.25) is 9.59 Å². The second-order valence-corrected chi connectivity index (χ2v) is 7.58. The lowest BCUT2D eigenvalue weighted by Crippen LogP contribution is -2.63. The Kier molecular flexibility index (Phi) is 4.69. The molecule has 1 aliphatic heterocycles. The van der Waals surface area contributed by atoms with Crippen LogP contribution in [-0.4, -0.2) is 61.2 Å². The fourth-order valence-electron chi connectivity index (χ4n) is 4.22. The summed E-state index contributed by atoms with van der Waals surface area (Å²) in [6.07, 6.45) is 0.892. The number of aromatic hydroxyl groups is 1. The molecule has 0 bridgehead atoms. The average molecular weight is 381 g/mol. The average Bonchev–Trinajstić information content (AvgIpc) is 2.71. The van der Waals surface area contributed by atoms with Gasteiger partial charge in [0, 0.05) is 11.1 Å². The number of phenolic OH excluding ortho intramolecular Hbond substituents is 1. The van der Waals surface area contributed by atoms with Crippen LogP contribution in [0.3, 0.4) is 0 Å². The first kappa shape index (κ1) is 18.7. The van der Waals surface area contributed by atoms with E-state index < -0.39 is 0 Å². The number of hydrogen-bond acceptors (Lipinski definition) is 5. The molecule has 1 N–H and O–H groups in total. The van der Waals surface area contributed by atoms with E-state index >= 15 is 0 Å². The highest BCUT2D eigenvalue weighted by molar-refractivity contribution is 6.31. The molecule has 1 saturated heterocycles. The van der Waals surface area contributed by atoms with Crippen LogP contribution in [0.2, 0.25) is 0 Å². The van der Waals surface area contributed by atoms with Crippen LogP contribution in [0.5, 0.6) is 5.75 Å². The lowest BCUT2D eigenvalue weighted by atomic mass is 9.82. The van der Waals surface area contributed by atoms with Gasteiger partial charge in [0.15, 0.2) is 11.6 Å². The molecule has 1 heterocycles. The second kappa shape index (κ2) is 7.04. The van der Waals surface area contributed by atoms with Crippen molar-refractivity contribution < 1.29 is 24.0 Å². The molecule has 2 aromatic rings. The smallest absolute Gasteiger partial charge is 0.198 e. The Morgan fingerprint density at radius 1 is 1.00 bits per heavy atom. The van der Waals surface area contributed by atoms with Gasteiger partial charge in [0.2, 0.25) is 0 Å². The summed E-state index contributed by atoms with van der Waals surface area (Å²) in [5.41, 5.74) is 1.87. The summed E-state index contributed by atoms with van der Waals surface area (Å²) in [6.45, 7) is 5.69. The van der Waals surface area contributed by atoms with E-state index in [9.17, 15) is 14.7 Å². The minimum absolute atomic E-state index is 0.113. The van der Waals surface area contributed by atoms with Gasteiger partial charge >= 0.3 is 0 Å². The number of rotatable bonds is 4. The van der Waals surface area contributed by atoms with Crippen molar-refractivity contribution in [3.63, 3.8) is 0 Å². The first-order valence-corrected chi connectivity index (χ1v) is 9.72. The number of fused-ring (bicyclic) bond motifs is 2. The molecule has 2 aromatic carbocycles. The Morgan fingerprint density at radius 2 is 1.61 bits per heavy atom. The maximum atomic E-state index is 13.4. The van der Waals surface area contributed by atoms with Crippen molar-refractivity contribution in [2.75, 3.05) is 44.9 Å². The van der Waals surface area contributed by atoms with Crippen molar-refractivity contribution in [2.45, 2.75) is 13.3 Å². The molecule has 0 amide bonds. The zero-order valence-corrected chi connectivity index (χ0v) is 16.3. The Hall–Kier alpha value is -2.70. The van der Waals surface area contributed by atoms with Gasteiger partial charge in [0.25, 0.3) is 0 Å². The van der Waals surface area contributed by atoms with Crippen LogP contribution in [0.15, 0.2) is 36.4 Å². The van der Waals surface area contributed by atoms with Crippen LogP contribution < -0.4 is 5.01 Å². The number of nitrogens with zero attached hydrogens (tertiary/aromatic N) is 2. The first-order chi connectivity index (χ1) is 13.5. The standard InChI is InChI=1S/C22H24N2O4/c1-3-10-23(24(2)11-13-28-14-12-24)17-8-9-18(25)20-19(17)21(26)15-6-4-5-7-16(15)22(20)27/h4-9H,3,10-14H2,1-2H3/p+1. The Morgan fingerprint density at radius 3 is 2.21 bits per heavy atom. The molecule has 0 radical (unpaired) electrons. The van der Waals surface area contributed by atoms with Gasteiger partial charge in [-0.25, -0.2) is 9.60 Å². The predicted octanol–water partition coefficient (Wildman–Crippen LogP) is 2.78. The van der Waals surface area contributed by atoms with Gasteiger partial charge in [0.1, 0.15) is 24.5 Å². The third-order valence-electron chi connectivity index (χ3n) is 5.76. The third-order valence-corrected chi connectivity index (χ3v) is 5.76. The minimum Gasteiger partial charge on any atom is -0.507 e. The molecule has 6 heteroatoms. The number of ketones is 2. The van der Waals surface area contributed by atoms with Gasteiger partial charge in [0.05, 0.1) is 37.9 Å². The number of ether oxygens (including phenoxy) is 1. The fourth-order valence-corrected chi connectivity index (χ4v) is 4.22. The summed E-state index contributed by atoms with van der Waals surface area (Å²) < 4.78 is 6.15. The Labute approximate surface area is 164 Å². The zero-order valence-electron chi connectivity index (χ0n) is 16.3. The molecule has 0 unspecified atom stereocenters. The van der Waals surface area contributed by atoms with Crippen LogP contribution in [0.4, 0.5) is 5.69 Å². The number of hydrogen-bond donors (Lipinski definition) is 1. The molecule has 0 atom stereocenters. The van der Waals surface area contributed by atoms with E-state index in [0.717, 1.165) is 26.1 Å². The summed E-state index contributed by atoms with van der Waals surface area (Å²) in [4.78, 5) is 26.5. The van der Waals surface area contributed by atoms with E-state index in [1.165, 1.54) is 6.07 Å². The highest BCUT2D eigenvalue weighted by Gasteiger charge is 2.40. The largest absolute Gasteiger partial charge is 0.507 e. The van der Waals surface area contributed by atoms with Gasteiger partial charge in [-0.1, -0.05) is 31.2 Å². The lowest BCUT2D eigenvalue weighted by Gasteiger charge is -2.46. The normalized spacial score (nSPS) is 17.8. The first-order valence-electron chi connectivity index (χ1n) is 9.72. The number of carbonyl (C=O) groups is 2. The topological polar surface area (TPSA) is 66.8 Å². The predicted molar refractivity (Wildman–Crippen MR) is 106 cm³/mol. The Bertz CT molecular complexity index is 948. The van der Waals surface area contributed by atoms with E-state index in [1.807, 2.05) is 0 Å². The van der Waals surface area contributed by atoms with Gasteiger partial charge < -0.3 is 9.84 Å². The fraction of sp³-hybridized carbons (Fsp3) is 0.364. The molecule has 1 fully saturated rings. The molecular formula is C22H25N2O4+. The highest BCUT2D eigenvalue weighted by atomic mass is 16.5. The van der Waals surface area contributed by atoms with Crippen molar-refractivity contribution in [1.29, 1.82) is 0 Å². The molecule has 6 nitrogen and oxygen atoms in total. The number of anilines is 1. The van der Waals surface area contributed by atoms with Crippen LogP contribution in [0.25, 0.3) is 0 Å². The highest BCUT2D eigenvalue weighted by Crippen LogP contribution is 2.39. The van der Waals surface area contributed by atoms with E-state index in [0.29, 0.717) is 40.2 Å². The summed E-state index contributed by atoms with van der Waals surface area (Å²) in [5, 5.41) is 12.6. The van der Waals surface area contributed by atoms with E-state index in [-0.39, 0.29) is 22.9 Å². The number of likely N-dealkylation sites (N-methyl/N-ethyl adjacent to an activating group) is 1. The van der Waals surface area contributed by atoms with E-state index in [4.69, 9.17) is 4.74 Å². The summed E-state index contributed by atoms with van der Waals surface area (Å²) >= 11 is 0. The molecule has 0 saturated carbocycles. The van der Waals surface area contributed by atoms with Crippen LogP contribution >= 0.6 is 0 Å². The monoisotopic (exact) mass is 381 g/mol. The molecular weight excluding hydrogens is 356 g/mol. The molecule has 1 aliphatic carbocycles. The second-order valence-electron chi connectivity index (χ2n) is 7.58. The van der Waals surface area contributed by atoms with Crippen molar-refractivity contribution >= 4 is 17.3 Å². The van der Waals surface area contributed by atoms with E-state index in [2.05, 4.69) is 19.0 Å². The van der Waals surface area contributed by atoms with Gasteiger partial charge in [-0.2, -0.15) is 0 Å². The van der Waals surface area contributed by atoms with Gasteiger partial charge in [-0.05, 0) is 18.6 Å². The molecule has 0 spiro atoms. The molecule has 2 aliphatic rings. The zero-order chi connectivity index (χ0) is 19.9. The number of phenols is 1. The molecule has 28 heavy (non-hydrogen) atoms. The summed E-state index contributed by atoms with van der Waals surface area (Å²) in [7, 11) is 2.13. The molecule has 0 aromatic heterocycles. The van der Waals surface area contributed by atoms with Crippen molar-refractivity contribution in [3.8, 4) is 5.75 Å². The van der Waals surface area contributed by atoms with Crippen LogP contribution in [0, 0.1) is 0 Å².